The molecule has 5 rings (SSSR count). The quantitative estimate of drug-likeness (QED) is 0.195. The summed E-state index contributed by atoms with van der Waals surface area (Å²) in [5, 5.41) is 3.78. The van der Waals surface area contributed by atoms with Gasteiger partial charge in [0.25, 0.3) is 0 Å². The Labute approximate surface area is 170 Å². The zero-order valence-electron chi connectivity index (χ0n) is 14.9. The first-order chi connectivity index (χ1) is 12.6. The Balaban J connectivity index is 0.00000180. The molecular formula is C23H16FIrN2-. The molecule has 135 valence electrons. The molecule has 1 aromatic heterocycles. The Bertz CT molecular complexity index is 1300. The average molecular weight is 532 g/mol. The normalized spacial score (nSPS) is 11.2. The summed E-state index contributed by atoms with van der Waals surface area (Å²) in [5.74, 6) is -0.281. The SMILES string of the molecule is Cc1cccc(C)c1-n1cnc2c3[c-]cc(F)cc3c3ccccc3c21.[Ir]. The van der Waals surface area contributed by atoms with Gasteiger partial charge in [0.1, 0.15) is 0 Å². The van der Waals surface area contributed by atoms with Crippen LogP contribution in [0, 0.1) is 25.7 Å². The Morgan fingerprint density at radius 1 is 0.926 bits per heavy atom. The van der Waals surface area contributed by atoms with Gasteiger partial charge in [-0.25, -0.2) is 0 Å². The molecule has 0 saturated heterocycles. The van der Waals surface area contributed by atoms with Crippen molar-refractivity contribution in [3.8, 4) is 5.69 Å². The number of fused-ring (bicyclic) bond motifs is 6. The van der Waals surface area contributed by atoms with E-state index in [0.717, 1.165) is 38.3 Å². The van der Waals surface area contributed by atoms with Gasteiger partial charge in [0.15, 0.2) is 0 Å². The van der Waals surface area contributed by atoms with Gasteiger partial charge in [-0.15, -0.1) is 23.6 Å². The molecule has 0 unspecified atom stereocenters. The van der Waals surface area contributed by atoms with E-state index in [1.165, 1.54) is 17.2 Å². The van der Waals surface area contributed by atoms with E-state index in [1.54, 1.807) is 6.07 Å². The molecule has 0 bridgehead atoms. The maximum absolute atomic E-state index is 13.9. The topological polar surface area (TPSA) is 17.8 Å². The van der Waals surface area contributed by atoms with E-state index in [4.69, 9.17) is 4.98 Å². The number of imidazole rings is 1. The largest absolute Gasteiger partial charge is 0.307 e. The number of rotatable bonds is 1. The minimum atomic E-state index is -0.281. The first-order valence-corrected chi connectivity index (χ1v) is 8.60. The zero-order chi connectivity index (χ0) is 17.8. The number of nitrogens with zero attached hydrogens (tertiary/aromatic N) is 2. The maximum atomic E-state index is 13.9. The van der Waals surface area contributed by atoms with Crippen LogP contribution < -0.4 is 0 Å². The number of hydrogen-bond acceptors (Lipinski definition) is 1. The van der Waals surface area contributed by atoms with Crippen molar-refractivity contribution in [1.29, 1.82) is 0 Å². The van der Waals surface area contributed by atoms with E-state index in [2.05, 4.69) is 48.7 Å². The molecule has 0 aliphatic heterocycles. The molecule has 5 aromatic rings. The molecule has 0 aliphatic rings. The summed E-state index contributed by atoms with van der Waals surface area (Å²) in [5.41, 5.74) is 5.41. The van der Waals surface area contributed by atoms with E-state index in [1.807, 2.05) is 24.5 Å². The Morgan fingerprint density at radius 2 is 1.63 bits per heavy atom. The zero-order valence-corrected chi connectivity index (χ0v) is 17.3. The van der Waals surface area contributed by atoms with Crippen LogP contribution in [0.1, 0.15) is 11.1 Å². The van der Waals surface area contributed by atoms with Crippen LogP contribution in [0.15, 0.2) is 60.9 Å². The van der Waals surface area contributed by atoms with Crippen LogP contribution in [0.4, 0.5) is 4.39 Å². The van der Waals surface area contributed by atoms with Gasteiger partial charge in [-0.3, -0.25) is 9.37 Å². The van der Waals surface area contributed by atoms with Gasteiger partial charge in [0.05, 0.1) is 12.0 Å². The fourth-order valence-corrected chi connectivity index (χ4v) is 3.95. The van der Waals surface area contributed by atoms with Gasteiger partial charge in [0, 0.05) is 37.0 Å². The smallest absolute Gasteiger partial charge is 0.0889 e. The minimum absolute atomic E-state index is 0. The summed E-state index contributed by atoms with van der Waals surface area (Å²) in [4.78, 5) is 4.69. The van der Waals surface area contributed by atoms with E-state index in [9.17, 15) is 4.39 Å². The number of hydrogen-bond donors (Lipinski definition) is 0. The van der Waals surface area contributed by atoms with Crippen molar-refractivity contribution in [2.24, 2.45) is 0 Å². The number of halogens is 1. The second kappa shape index (κ2) is 6.56. The van der Waals surface area contributed by atoms with Gasteiger partial charge >= 0.3 is 0 Å². The van der Waals surface area contributed by atoms with Crippen molar-refractivity contribution in [3.63, 3.8) is 0 Å². The summed E-state index contributed by atoms with van der Waals surface area (Å²) in [7, 11) is 0. The standard InChI is InChI=1S/C23H16FN2.Ir/c1-14-6-5-7-15(2)22(14)26-13-25-21-18-11-10-16(24)12-20(18)17-8-3-4-9-19(17)23(21)26;/h3-10,12-13H,1-2H3;/q-1;. The van der Waals surface area contributed by atoms with Crippen LogP contribution >= 0.6 is 0 Å². The van der Waals surface area contributed by atoms with Crippen LogP contribution in [-0.2, 0) is 20.1 Å². The summed E-state index contributed by atoms with van der Waals surface area (Å²) in [6, 6.07) is 20.5. The summed E-state index contributed by atoms with van der Waals surface area (Å²) >= 11 is 0. The predicted molar refractivity (Wildman–Crippen MR) is 104 cm³/mol. The van der Waals surface area contributed by atoms with E-state index < -0.39 is 0 Å². The molecule has 0 N–H and O–H groups in total. The monoisotopic (exact) mass is 532 g/mol. The van der Waals surface area contributed by atoms with Crippen LogP contribution in [0.5, 0.6) is 0 Å². The Morgan fingerprint density at radius 3 is 2.37 bits per heavy atom. The number of aryl methyl sites for hydroxylation is 2. The Kier molecular flexibility index (Phi) is 4.33. The first-order valence-electron chi connectivity index (χ1n) is 8.60. The first kappa shape index (κ1) is 17.8. The fourth-order valence-electron chi connectivity index (χ4n) is 3.95. The molecule has 27 heavy (non-hydrogen) atoms. The number of benzene rings is 4. The molecule has 0 fully saturated rings. The average Bonchev–Trinajstić information content (AvgIpc) is 3.07. The van der Waals surface area contributed by atoms with Gasteiger partial charge in [0.2, 0.25) is 0 Å². The van der Waals surface area contributed by atoms with Gasteiger partial charge < -0.3 is 4.57 Å². The summed E-state index contributed by atoms with van der Waals surface area (Å²) in [6.07, 6.45) is 1.86. The van der Waals surface area contributed by atoms with Crippen LogP contribution in [-0.4, -0.2) is 9.55 Å². The second-order valence-corrected chi connectivity index (χ2v) is 6.70. The van der Waals surface area contributed by atoms with Crippen molar-refractivity contribution < 1.29 is 24.5 Å². The molecular weight excluding hydrogens is 515 g/mol. The molecule has 4 aromatic carbocycles. The number of aromatic nitrogens is 2. The summed E-state index contributed by atoms with van der Waals surface area (Å²) < 4.78 is 16.0. The molecule has 0 atom stereocenters. The molecule has 0 spiro atoms. The van der Waals surface area contributed by atoms with Crippen LogP contribution in [0.25, 0.3) is 38.3 Å². The Hall–Kier alpha value is -2.55. The van der Waals surface area contributed by atoms with Crippen molar-refractivity contribution >= 4 is 32.6 Å². The molecule has 4 heteroatoms. The number of para-hydroxylation sites is 1. The third-order valence-corrected chi connectivity index (χ3v) is 5.06. The van der Waals surface area contributed by atoms with Gasteiger partial charge in [-0.05, 0) is 30.4 Å². The van der Waals surface area contributed by atoms with Crippen LogP contribution in [0.2, 0.25) is 0 Å². The van der Waals surface area contributed by atoms with Crippen molar-refractivity contribution in [1.82, 2.24) is 9.55 Å². The third-order valence-electron chi connectivity index (χ3n) is 5.06. The van der Waals surface area contributed by atoms with E-state index >= 15 is 0 Å². The molecule has 0 aliphatic carbocycles. The van der Waals surface area contributed by atoms with E-state index in [0.29, 0.717) is 0 Å². The molecule has 0 amide bonds. The molecule has 2 nitrogen and oxygen atoms in total. The third kappa shape index (κ3) is 2.60. The van der Waals surface area contributed by atoms with Gasteiger partial charge in [-0.2, -0.15) is 0 Å². The van der Waals surface area contributed by atoms with Crippen LogP contribution in [0.3, 0.4) is 0 Å². The van der Waals surface area contributed by atoms with Crippen molar-refractivity contribution in [2.45, 2.75) is 13.8 Å². The summed E-state index contributed by atoms with van der Waals surface area (Å²) in [6.45, 7) is 4.22. The molecule has 1 radical (unpaired) electrons. The minimum Gasteiger partial charge on any atom is -0.307 e. The van der Waals surface area contributed by atoms with E-state index in [-0.39, 0.29) is 25.9 Å². The molecule has 0 saturated carbocycles. The maximum Gasteiger partial charge on any atom is 0.0889 e. The predicted octanol–water partition coefficient (Wildman–Crippen LogP) is 5.89. The van der Waals surface area contributed by atoms with Gasteiger partial charge in [-0.1, -0.05) is 53.2 Å². The molecule has 1 heterocycles. The van der Waals surface area contributed by atoms with Crippen molar-refractivity contribution in [3.05, 3.63) is 83.9 Å². The van der Waals surface area contributed by atoms with Crippen molar-refractivity contribution in [2.75, 3.05) is 0 Å². The fraction of sp³-hybridized carbons (Fsp3) is 0.0870. The second-order valence-electron chi connectivity index (χ2n) is 6.70.